The first-order valence-corrected chi connectivity index (χ1v) is 7.25. The van der Waals surface area contributed by atoms with Gasteiger partial charge in [0.15, 0.2) is 0 Å². The molecular formula is C14H15N3S. The molecule has 0 aromatic carbocycles. The molecule has 18 heavy (non-hydrogen) atoms. The van der Waals surface area contributed by atoms with Crippen LogP contribution >= 0.6 is 11.5 Å². The van der Waals surface area contributed by atoms with Crippen LogP contribution in [0.3, 0.4) is 0 Å². The summed E-state index contributed by atoms with van der Waals surface area (Å²) >= 11 is 1.64. The lowest BCUT2D eigenvalue weighted by molar-refractivity contribution is 0.624. The second-order valence-electron chi connectivity index (χ2n) is 5.27. The minimum Gasteiger partial charge on any atom is -0.302 e. The van der Waals surface area contributed by atoms with Gasteiger partial charge in [0.25, 0.3) is 0 Å². The second kappa shape index (κ2) is 3.79. The third-order valence-electron chi connectivity index (χ3n) is 3.91. The highest BCUT2D eigenvalue weighted by atomic mass is 32.1. The van der Waals surface area contributed by atoms with Gasteiger partial charge in [0.05, 0.1) is 11.7 Å². The zero-order chi connectivity index (χ0) is 12.1. The summed E-state index contributed by atoms with van der Waals surface area (Å²) in [4.78, 5) is 1.39. The fourth-order valence-electron chi connectivity index (χ4n) is 2.77. The van der Waals surface area contributed by atoms with Crippen LogP contribution in [0.15, 0.2) is 23.3 Å². The molecule has 1 fully saturated rings. The number of aryl methyl sites for hydroxylation is 1. The van der Waals surface area contributed by atoms with E-state index in [1.54, 1.807) is 11.5 Å². The maximum atomic E-state index is 4.67. The summed E-state index contributed by atoms with van der Waals surface area (Å²) in [5.41, 5.74) is 7.12. The van der Waals surface area contributed by atoms with E-state index in [0.29, 0.717) is 12.0 Å². The van der Waals surface area contributed by atoms with Crippen LogP contribution in [0.1, 0.15) is 34.9 Å². The maximum absolute atomic E-state index is 4.67. The average molecular weight is 257 g/mol. The Morgan fingerprint density at radius 3 is 3.11 bits per heavy atom. The molecule has 1 saturated carbocycles. The molecule has 4 rings (SSSR count). The number of rotatable bonds is 2. The maximum Gasteiger partial charge on any atom is 0.0875 e. The molecule has 0 amide bonds. The highest BCUT2D eigenvalue weighted by Crippen LogP contribution is 2.46. The van der Waals surface area contributed by atoms with Crippen LogP contribution in [0.4, 0.5) is 0 Å². The van der Waals surface area contributed by atoms with E-state index >= 15 is 0 Å². The van der Waals surface area contributed by atoms with E-state index in [4.69, 9.17) is 0 Å². The van der Waals surface area contributed by atoms with Gasteiger partial charge in [-0.25, -0.2) is 0 Å². The van der Waals surface area contributed by atoms with Gasteiger partial charge in [-0.15, -0.1) is 0 Å². The highest BCUT2D eigenvalue weighted by Gasteiger charge is 2.32. The molecule has 3 aliphatic rings. The Labute approximate surface area is 110 Å². The minimum absolute atomic E-state index is 0.319. The van der Waals surface area contributed by atoms with Crippen LogP contribution in [-0.2, 0) is 0 Å². The molecule has 1 aliphatic heterocycles. The normalized spacial score (nSPS) is 29.1. The summed E-state index contributed by atoms with van der Waals surface area (Å²) in [6.45, 7) is 2.20. The number of hydrazone groups is 1. The second-order valence-corrected chi connectivity index (χ2v) is 6.24. The molecule has 0 saturated heterocycles. The Kier molecular flexibility index (Phi) is 2.21. The first-order chi connectivity index (χ1) is 8.83. The van der Waals surface area contributed by atoms with Crippen LogP contribution in [0, 0.1) is 12.8 Å². The van der Waals surface area contributed by atoms with Crippen molar-refractivity contribution >= 4 is 23.3 Å². The summed E-state index contributed by atoms with van der Waals surface area (Å²) in [6.07, 6.45) is 11.4. The van der Waals surface area contributed by atoms with Crippen molar-refractivity contribution in [1.29, 1.82) is 0 Å². The SMILES string of the molecule is Cc1snc(C2=CC3NN=CC3C=C2)c1C1CC1. The van der Waals surface area contributed by atoms with Crippen molar-refractivity contribution in [3.8, 4) is 0 Å². The molecule has 0 spiro atoms. The summed E-state index contributed by atoms with van der Waals surface area (Å²) in [5.74, 6) is 1.18. The number of hydrogen-bond acceptors (Lipinski definition) is 4. The number of hydrogen-bond donors (Lipinski definition) is 1. The minimum atomic E-state index is 0.319. The Bertz CT molecular complexity index is 578. The van der Waals surface area contributed by atoms with Gasteiger partial charge >= 0.3 is 0 Å². The van der Waals surface area contributed by atoms with E-state index in [1.165, 1.54) is 34.5 Å². The molecule has 2 aliphatic carbocycles. The van der Waals surface area contributed by atoms with Gasteiger partial charge in [-0.05, 0) is 48.4 Å². The zero-order valence-electron chi connectivity index (χ0n) is 10.3. The highest BCUT2D eigenvalue weighted by molar-refractivity contribution is 7.06. The molecule has 4 heteroatoms. The van der Waals surface area contributed by atoms with Crippen LogP contribution in [0.2, 0.25) is 0 Å². The van der Waals surface area contributed by atoms with E-state index < -0.39 is 0 Å². The van der Waals surface area contributed by atoms with E-state index in [9.17, 15) is 0 Å². The van der Waals surface area contributed by atoms with E-state index in [2.05, 4.69) is 40.1 Å². The number of nitrogens with zero attached hydrogens (tertiary/aromatic N) is 2. The molecule has 0 bridgehead atoms. The quantitative estimate of drug-likeness (QED) is 0.884. The lowest BCUT2D eigenvalue weighted by atomic mass is 9.91. The Morgan fingerprint density at radius 2 is 2.28 bits per heavy atom. The Hall–Kier alpha value is -1.42. The van der Waals surface area contributed by atoms with E-state index in [-0.39, 0.29) is 0 Å². The standard InChI is InChI=1S/C14H15N3S/c1-8-13(9-2-3-9)14(17-18-8)10-4-5-11-7-15-16-12(11)6-10/h4-7,9,11-12,16H,2-3H2,1H3. The predicted molar refractivity (Wildman–Crippen MR) is 74.8 cm³/mol. The van der Waals surface area contributed by atoms with Crippen molar-refractivity contribution in [1.82, 2.24) is 9.80 Å². The van der Waals surface area contributed by atoms with Gasteiger partial charge in [0.1, 0.15) is 0 Å². The van der Waals surface area contributed by atoms with Gasteiger partial charge in [0, 0.05) is 17.0 Å². The van der Waals surface area contributed by atoms with E-state index in [1.807, 2.05) is 6.21 Å². The fraction of sp³-hybridized carbons (Fsp3) is 0.429. The number of fused-ring (bicyclic) bond motifs is 1. The molecular weight excluding hydrogens is 242 g/mol. The third-order valence-corrected chi connectivity index (χ3v) is 4.68. The van der Waals surface area contributed by atoms with Gasteiger partial charge in [-0.2, -0.15) is 9.47 Å². The number of allylic oxidation sites excluding steroid dienone is 2. The van der Waals surface area contributed by atoms with Crippen molar-refractivity contribution in [2.75, 3.05) is 0 Å². The molecule has 0 radical (unpaired) electrons. The largest absolute Gasteiger partial charge is 0.302 e. The molecule has 1 aromatic heterocycles. The topological polar surface area (TPSA) is 37.3 Å². The van der Waals surface area contributed by atoms with Gasteiger partial charge in [-0.1, -0.05) is 18.2 Å². The van der Waals surface area contributed by atoms with Gasteiger partial charge in [-0.3, -0.25) is 0 Å². The molecule has 2 heterocycles. The molecule has 2 unspecified atom stereocenters. The molecule has 1 N–H and O–H groups in total. The van der Waals surface area contributed by atoms with Crippen LogP contribution in [0.5, 0.6) is 0 Å². The van der Waals surface area contributed by atoms with E-state index in [0.717, 1.165) is 5.92 Å². The zero-order valence-corrected chi connectivity index (χ0v) is 11.1. The molecule has 2 atom stereocenters. The van der Waals surface area contributed by atoms with Gasteiger partial charge < -0.3 is 5.43 Å². The van der Waals surface area contributed by atoms with Crippen molar-refractivity contribution in [3.63, 3.8) is 0 Å². The predicted octanol–water partition coefficient (Wildman–Crippen LogP) is 2.86. The molecule has 3 nitrogen and oxygen atoms in total. The molecule has 1 aromatic rings. The Morgan fingerprint density at radius 1 is 1.39 bits per heavy atom. The van der Waals surface area contributed by atoms with Crippen LogP contribution in [0.25, 0.3) is 5.57 Å². The summed E-state index contributed by atoms with van der Waals surface area (Å²) in [6, 6.07) is 0.319. The monoisotopic (exact) mass is 257 g/mol. The first kappa shape index (κ1) is 10.5. The van der Waals surface area contributed by atoms with Crippen molar-refractivity contribution in [2.24, 2.45) is 11.0 Å². The van der Waals surface area contributed by atoms with Crippen molar-refractivity contribution in [2.45, 2.75) is 31.7 Å². The third kappa shape index (κ3) is 1.56. The number of aromatic nitrogens is 1. The fourth-order valence-corrected chi connectivity index (χ4v) is 3.57. The van der Waals surface area contributed by atoms with Crippen molar-refractivity contribution < 1.29 is 0 Å². The molecule has 92 valence electrons. The lowest BCUT2D eigenvalue weighted by Gasteiger charge is -2.17. The summed E-state index contributed by atoms with van der Waals surface area (Å²) in [7, 11) is 0. The Balaban J connectivity index is 1.73. The first-order valence-electron chi connectivity index (χ1n) is 6.48. The van der Waals surface area contributed by atoms with Gasteiger partial charge in [0.2, 0.25) is 0 Å². The van der Waals surface area contributed by atoms with Crippen molar-refractivity contribution in [3.05, 3.63) is 34.4 Å². The van der Waals surface area contributed by atoms with Crippen LogP contribution < -0.4 is 5.43 Å². The number of nitrogens with one attached hydrogen (secondary N) is 1. The van der Waals surface area contributed by atoms with Crippen LogP contribution in [-0.4, -0.2) is 16.6 Å². The summed E-state index contributed by atoms with van der Waals surface area (Å²) < 4.78 is 4.67. The smallest absolute Gasteiger partial charge is 0.0875 e. The average Bonchev–Trinajstić information content (AvgIpc) is 2.98. The lowest BCUT2D eigenvalue weighted by Crippen LogP contribution is -2.25. The summed E-state index contributed by atoms with van der Waals surface area (Å²) in [5, 5.41) is 4.14.